The van der Waals surface area contributed by atoms with Crippen molar-refractivity contribution >= 4 is 5.78 Å². The van der Waals surface area contributed by atoms with Crippen LogP contribution in [0.2, 0.25) is 0 Å². The minimum Gasteiger partial charge on any atom is -0.508 e. The lowest BCUT2D eigenvalue weighted by atomic mass is 10.00. The van der Waals surface area contributed by atoms with Gasteiger partial charge in [-0.05, 0) is 54.7 Å². The standard InChI is InChI=1S/C21H26O5/c1-25-19(11-6-16-7-12-20(24)21(13-16)26-2)14-18(23)10-5-15-3-8-17(22)9-4-15/h3-4,7-9,12-13,19,22,24H,5-6,10-11,14H2,1-2H3/t19-/m0/s1. The van der Waals surface area contributed by atoms with Crippen LogP contribution < -0.4 is 4.74 Å². The Morgan fingerprint density at radius 1 is 1.00 bits per heavy atom. The number of phenols is 2. The Labute approximate surface area is 154 Å². The topological polar surface area (TPSA) is 76.0 Å². The van der Waals surface area contributed by atoms with Gasteiger partial charge in [-0.2, -0.15) is 0 Å². The first-order valence-corrected chi connectivity index (χ1v) is 8.70. The number of ketones is 1. The summed E-state index contributed by atoms with van der Waals surface area (Å²) in [5.74, 6) is 0.948. The Morgan fingerprint density at radius 3 is 2.35 bits per heavy atom. The van der Waals surface area contributed by atoms with E-state index >= 15 is 0 Å². The lowest BCUT2D eigenvalue weighted by molar-refractivity contribution is -0.121. The summed E-state index contributed by atoms with van der Waals surface area (Å²) in [6, 6.07) is 12.2. The third-order valence-electron chi connectivity index (χ3n) is 4.42. The van der Waals surface area contributed by atoms with Crippen molar-refractivity contribution in [2.24, 2.45) is 0 Å². The molecule has 2 aromatic rings. The van der Waals surface area contributed by atoms with Crippen LogP contribution in [0.25, 0.3) is 0 Å². The van der Waals surface area contributed by atoms with Gasteiger partial charge in [0, 0.05) is 20.0 Å². The highest BCUT2D eigenvalue weighted by atomic mass is 16.5. The van der Waals surface area contributed by atoms with Gasteiger partial charge in [-0.15, -0.1) is 0 Å². The van der Waals surface area contributed by atoms with Crippen molar-refractivity contribution in [3.63, 3.8) is 0 Å². The zero-order valence-corrected chi connectivity index (χ0v) is 15.3. The van der Waals surface area contributed by atoms with Crippen molar-refractivity contribution < 1.29 is 24.5 Å². The van der Waals surface area contributed by atoms with Crippen LogP contribution in [0.5, 0.6) is 17.2 Å². The fourth-order valence-electron chi connectivity index (χ4n) is 2.81. The van der Waals surface area contributed by atoms with Crippen molar-refractivity contribution in [1.82, 2.24) is 0 Å². The number of methoxy groups -OCH3 is 2. The van der Waals surface area contributed by atoms with Gasteiger partial charge in [0.05, 0.1) is 13.2 Å². The first-order valence-electron chi connectivity index (χ1n) is 8.70. The van der Waals surface area contributed by atoms with Crippen LogP contribution in [0.4, 0.5) is 0 Å². The molecular weight excluding hydrogens is 332 g/mol. The Balaban J connectivity index is 1.80. The third-order valence-corrected chi connectivity index (χ3v) is 4.42. The van der Waals surface area contributed by atoms with Crippen LogP contribution in [0, 0.1) is 0 Å². The van der Waals surface area contributed by atoms with Gasteiger partial charge in [0.15, 0.2) is 11.5 Å². The molecule has 0 aliphatic carbocycles. The Kier molecular flexibility index (Phi) is 7.48. The van der Waals surface area contributed by atoms with E-state index in [4.69, 9.17) is 9.47 Å². The molecule has 0 aliphatic rings. The lowest BCUT2D eigenvalue weighted by Crippen LogP contribution is -2.17. The highest BCUT2D eigenvalue weighted by Crippen LogP contribution is 2.27. The van der Waals surface area contributed by atoms with Crippen molar-refractivity contribution in [2.45, 2.75) is 38.2 Å². The Morgan fingerprint density at radius 2 is 1.69 bits per heavy atom. The predicted molar refractivity (Wildman–Crippen MR) is 99.8 cm³/mol. The molecule has 1 atom stereocenters. The number of benzene rings is 2. The van der Waals surface area contributed by atoms with E-state index in [0.29, 0.717) is 25.0 Å². The number of aryl methyl sites for hydroxylation is 2. The molecule has 140 valence electrons. The van der Waals surface area contributed by atoms with E-state index in [2.05, 4.69) is 0 Å². The molecule has 0 amide bonds. The number of phenolic OH excluding ortho intramolecular Hbond substituents is 2. The molecular formula is C21H26O5. The summed E-state index contributed by atoms with van der Waals surface area (Å²) in [7, 11) is 3.14. The minimum absolute atomic E-state index is 0.115. The number of hydrogen-bond donors (Lipinski definition) is 2. The number of hydrogen-bond acceptors (Lipinski definition) is 5. The Bertz CT molecular complexity index is 709. The van der Waals surface area contributed by atoms with E-state index in [1.807, 2.05) is 18.2 Å². The van der Waals surface area contributed by atoms with Crippen LogP contribution in [-0.4, -0.2) is 36.3 Å². The molecule has 0 fully saturated rings. The number of carbonyl (C=O) groups is 1. The number of rotatable bonds is 10. The summed E-state index contributed by atoms with van der Waals surface area (Å²) < 4.78 is 10.6. The summed E-state index contributed by atoms with van der Waals surface area (Å²) in [6.07, 6.45) is 2.81. The second-order valence-electron chi connectivity index (χ2n) is 6.31. The van der Waals surface area contributed by atoms with E-state index in [0.717, 1.165) is 24.0 Å². The quantitative estimate of drug-likeness (QED) is 0.678. The molecule has 2 rings (SSSR count). The molecule has 0 saturated heterocycles. The minimum atomic E-state index is -0.137. The van der Waals surface area contributed by atoms with Gasteiger partial charge in [-0.1, -0.05) is 18.2 Å². The highest BCUT2D eigenvalue weighted by molar-refractivity contribution is 5.79. The molecule has 5 nitrogen and oxygen atoms in total. The first-order chi connectivity index (χ1) is 12.5. The maximum atomic E-state index is 12.2. The van der Waals surface area contributed by atoms with Crippen molar-refractivity contribution in [3.05, 3.63) is 53.6 Å². The number of ether oxygens (including phenoxy) is 2. The molecule has 26 heavy (non-hydrogen) atoms. The van der Waals surface area contributed by atoms with Crippen molar-refractivity contribution in [3.8, 4) is 17.2 Å². The summed E-state index contributed by atoms with van der Waals surface area (Å²) in [6.45, 7) is 0. The van der Waals surface area contributed by atoms with Crippen LogP contribution in [-0.2, 0) is 22.4 Å². The van der Waals surface area contributed by atoms with Gasteiger partial charge in [0.1, 0.15) is 11.5 Å². The van der Waals surface area contributed by atoms with Crippen molar-refractivity contribution in [2.75, 3.05) is 14.2 Å². The van der Waals surface area contributed by atoms with E-state index in [9.17, 15) is 15.0 Å². The van der Waals surface area contributed by atoms with Crippen LogP contribution in [0.1, 0.15) is 30.4 Å². The fraction of sp³-hybridized carbons (Fsp3) is 0.381. The normalized spacial score (nSPS) is 11.9. The average molecular weight is 358 g/mol. The summed E-state index contributed by atoms with van der Waals surface area (Å²) in [5, 5.41) is 18.9. The smallest absolute Gasteiger partial charge is 0.160 e. The third kappa shape index (κ3) is 6.08. The monoisotopic (exact) mass is 358 g/mol. The van der Waals surface area contributed by atoms with Crippen LogP contribution in [0.3, 0.4) is 0 Å². The van der Waals surface area contributed by atoms with Gasteiger partial charge in [0.2, 0.25) is 0 Å². The maximum Gasteiger partial charge on any atom is 0.160 e. The van der Waals surface area contributed by atoms with Gasteiger partial charge in [0.25, 0.3) is 0 Å². The number of carbonyl (C=O) groups excluding carboxylic acids is 1. The molecule has 0 heterocycles. The van der Waals surface area contributed by atoms with E-state index < -0.39 is 0 Å². The number of Topliss-reactive ketones (excluding diaryl/α,β-unsaturated/α-hetero) is 1. The largest absolute Gasteiger partial charge is 0.508 e. The highest BCUT2D eigenvalue weighted by Gasteiger charge is 2.14. The Hall–Kier alpha value is -2.53. The van der Waals surface area contributed by atoms with E-state index in [1.54, 1.807) is 31.4 Å². The second kappa shape index (κ2) is 9.82. The molecule has 0 unspecified atom stereocenters. The maximum absolute atomic E-state index is 12.2. The summed E-state index contributed by atoms with van der Waals surface area (Å²) in [4.78, 5) is 12.2. The molecule has 0 aliphatic heterocycles. The van der Waals surface area contributed by atoms with E-state index in [1.165, 1.54) is 7.11 Å². The van der Waals surface area contributed by atoms with Crippen molar-refractivity contribution in [1.29, 1.82) is 0 Å². The summed E-state index contributed by atoms with van der Waals surface area (Å²) in [5.41, 5.74) is 2.06. The van der Waals surface area contributed by atoms with Gasteiger partial charge < -0.3 is 19.7 Å². The first kappa shape index (κ1) is 19.8. The zero-order chi connectivity index (χ0) is 18.9. The molecule has 0 spiro atoms. The zero-order valence-electron chi connectivity index (χ0n) is 15.3. The molecule has 2 N–H and O–H groups in total. The van der Waals surface area contributed by atoms with Gasteiger partial charge in [-0.3, -0.25) is 4.79 Å². The van der Waals surface area contributed by atoms with Gasteiger partial charge >= 0.3 is 0 Å². The number of aromatic hydroxyl groups is 2. The van der Waals surface area contributed by atoms with E-state index in [-0.39, 0.29) is 23.4 Å². The lowest BCUT2D eigenvalue weighted by Gasteiger charge is -2.15. The molecule has 2 aromatic carbocycles. The van der Waals surface area contributed by atoms with Gasteiger partial charge in [-0.25, -0.2) is 0 Å². The average Bonchev–Trinajstić information content (AvgIpc) is 2.65. The summed E-state index contributed by atoms with van der Waals surface area (Å²) >= 11 is 0. The van der Waals surface area contributed by atoms with Crippen LogP contribution in [0.15, 0.2) is 42.5 Å². The molecule has 5 heteroatoms. The molecule has 0 bridgehead atoms. The predicted octanol–water partition coefficient (Wildman–Crippen LogP) is 3.65. The molecule has 0 radical (unpaired) electrons. The SMILES string of the molecule is COc1cc(CC[C@@H](CC(=O)CCc2ccc(O)cc2)OC)ccc1O. The second-order valence-corrected chi connectivity index (χ2v) is 6.31. The molecule has 0 aromatic heterocycles. The molecule has 0 saturated carbocycles. The fourth-order valence-corrected chi connectivity index (χ4v) is 2.81. The van der Waals surface area contributed by atoms with Crippen LogP contribution >= 0.6 is 0 Å².